The first-order valence-corrected chi connectivity index (χ1v) is 4.96. The smallest absolute Gasteiger partial charge is 0.139 e. The molecule has 0 saturated heterocycles. The Labute approximate surface area is 87.5 Å². The molecule has 1 aliphatic carbocycles. The van der Waals surface area contributed by atoms with Crippen LogP contribution < -0.4 is 5.32 Å². The van der Waals surface area contributed by atoms with E-state index in [1.165, 1.54) is 0 Å². The van der Waals surface area contributed by atoms with Crippen LogP contribution in [0.4, 0.5) is 0 Å². The molecule has 6 heteroatoms. The molecule has 4 atom stereocenters. The number of hydrogen-bond acceptors (Lipinski definition) is 6. The van der Waals surface area contributed by atoms with E-state index in [-0.39, 0.29) is 6.04 Å². The van der Waals surface area contributed by atoms with Gasteiger partial charge in [0.15, 0.2) is 0 Å². The molecule has 1 aliphatic rings. The second kappa shape index (κ2) is 5.53. The molecule has 1 rings (SSSR count). The fraction of sp³-hybridized carbons (Fsp3) is 0.889. The number of nitrogens with one attached hydrogen (secondary N) is 1. The summed E-state index contributed by atoms with van der Waals surface area (Å²) in [7, 11) is 0. The standard InChI is InChI=1S/C9H17NO5/c11-3-6(10-5-1-2-5)8(14)9(15)7(13)4-12/h3,5-10,12-15H,1-2,4H2/t6-,7-,8-,9-/m1/s1. The molecule has 0 aromatic carbocycles. The summed E-state index contributed by atoms with van der Waals surface area (Å²) in [6, 6.07) is -0.706. The molecule has 88 valence electrons. The van der Waals surface area contributed by atoms with E-state index in [1.54, 1.807) is 0 Å². The number of hydrogen-bond donors (Lipinski definition) is 5. The van der Waals surface area contributed by atoms with Crippen LogP contribution in [-0.2, 0) is 4.79 Å². The van der Waals surface area contributed by atoms with Gasteiger partial charge in [0.25, 0.3) is 0 Å². The van der Waals surface area contributed by atoms with Crippen LogP contribution in [0.2, 0.25) is 0 Å². The van der Waals surface area contributed by atoms with Crippen molar-refractivity contribution >= 4 is 6.29 Å². The summed E-state index contributed by atoms with van der Waals surface area (Å²) >= 11 is 0. The molecule has 0 aromatic heterocycles. The van der Waals surface area contributed by atoms with Crippen molar-refractivity contribution < 1.29 is 25.2 Å². The van der Waals surface area contributed by atoms with Gasteiger partial charge in [0.2, 0.25) is 0 Å². The molecule has 0 spiro atoms. The second-order valence-corrected chi connectivity index (χ2v) is 3.83. The Hall–Kier alpha value is -0.530. The van der Waals surface area contributed by atoms with Crippen LogP contribution in [0.25, 0.3) is 0 Å². The van der Waals surface area contributed by atoms with E-state index < -0.39 is 31.0 Å². The lowest BCUT2D eigenvalue weighted by Gasteiger charge is -2.26. The van der Waals surface area contributed by atoms with Gasteiger partial charge in [0.1, 0.15) is 24.6 Å². The summed E-state index contributed by atoms with van der Waals surface area (Å²) < 4.78 is 0. The highest BCUT2D eigenvalue weighted by Gasteiger charge is 2.34. The van der Waals surface area contributed by atoms with Crippen LogP contribution in [0.1, 0.15) is 12.8 Å². The first kappa shape index (κ1) is 12.5. The average Bonchev–Trinajstić information content (AvgIpc) is 3.06. The van der Waals surface area contributed by atoms with Crippen molar-refractivity contribution in [1.82, 2.24) is 5.32 Å². The van der Waals surface area contributed by atoms with Crippen molar-refractivity contribution in [3.05, 3.63) is 0 Å². The monoisotopic (exact) mass is 219 g/mol. The normalized spacial score (nSPS) is 24.3. The molecule has 0 bridgehead atoms. The van der Waals surface area contributed by atoms with Gasteiger partial charge in [-0.15, -0.1) is 0 Å². The van der Waals surface area contributed by atoms with Gasteiger partial charge in [0, 0.05) is 6.04 Å². The van der Waals surface area contributed by atoms with Gasteiger partial charge in [-0.3, -0.25) is 0 Å². The van der Waals surface area contributed by atoms with E-state index in [1.807, 2.05) is 0 Å². The molecule has 1 fully saturated rings. The molecule has 0 aromatic rings. The summed E-state index contributed by atoms with van der Waals surface area (Å²) in [6.45, 7) is -0.659. The number of aldehydes is 1. The quantitative estimate of drug-likeness (QED) is 0.300. The maximum atomic E-state index is 10.6. The summed E-state index contributed by atoms with van der Waals surface area (Å²) in [5, 5.41) is 39.4. The molecule has 0 aliphatic heterocycles. The topological polar surface area (TPSA) is 110 Å². The Bertz CT molecular complexity index is 209. The Morgan fingerprint density at radius 2 is 1.87 bits per heavy atom. The molecule has 0 unspecified atom stereocenters. The maximum Gasteiger partial charge on any atom is 0.139 e. The third-order valence-electron chi connectivity index (χ3n) is 2.45. The number of carbonyl (C=O) groups is 1. The van der Waals surface area contributed by atoms with E-state index in [9.17, 15) is 15.0 Å². The summed E-state index contributed by atoms with van der Waals surface area (Å²) in [5.74, 6) is 0. The van der Waals surface area contributed by atoms with E-state index >= 15 is 0 Å². The van der Waals surface area contributed by atoms with E-state index in [0.717, 1.165) is 12.8 Å². The Balaban J connectivity index is 2.45. The van der Waals surface area contributed by atoms with Gasteiger partial charge in [-0.25, -0.2) is 0 Å². The van der Waals surface area contributed by atoms with Crippen molar-refractivity contribution in [1.29, 1.82) is 0 Å². The second-order valence-electron chi connectivity index (χ2n) is 3.83. The molecule has 0 amide bonds. The Morgan fingerprint density at radius 1 is 1.27 bits per heavy atom. The van der Waals surface area contributed by atoms with Gasteiger partial charge in [-0.05, 0) is 12.8 Å². The number of carbonyl (C=O) groups excluding carboxylic acids is 1. The molecule has 1 saturated carbocycles. The van der Waals surface area contributed by atoms with Gasteiger partial charge in [-0.2, -0.15) is 0 Å². The number of aliphatic hydroxyl groups is 4. The van der Waals surface area contributed by atoms with E-state index in [4.69, 9.17) is 10.2 Å². The minimum absolute atomic E-state index is 0.202. The Kier molecular flexibility index (Phi) is 4.62. The fourth-order valence-electron chi connectivity index (χ4n) is 1.29. The molecule has 15 heavy (non-hydrogen) atoms. The molecular weight excluding hydrogens is 202 g/mol. The molecule has 6 nitrogen and oxygen atoms in total. The maximum absolute atomic E-state index is 10.6. The lowest BCUT2D eigenvalue weighted by Crippen LogP contribution is -2.52. The predicted molar refractivity (Wildman–Crippen MR) is 51.1 cm³/mol. The van der Waals surface area contributed by atoms with Crippen molar-refractivity contribution in [3.8, 4) is 0 Å². The van der Waals surface area contributed by atoms with Gasteiger partial charge < -0.3 is 30.5 Å². The van der Waals surface area contributed by atoms with Crippen LogP contribution in [0.15, 0.2) is 0 Å². The highest BCUT2D eigenvalue weighted by Crippen LogP contribution is 2.20. The van der Waals surface area contributed by atoms with Crippen molar-refractivity contribution in [3.63, 3.8) is 0 Å². The summed E-state index contributed by atoms with van der Waals surface area (Å²) in [5.41, 5.74) is 0. The summed E-state index contributed by atoms with van der Waals surface area (Å²) in [6.07, 6.45) is -2.01. The largest absolute Gasteiger partial charge is 0.394 e. The van der Waals surface area contributed by atoms with Crippen LogP contribution >= 0.6 is 0 Å². The third-order valence-corrected chi connectivity index (χ3v) is 2.45. The average molecular weight is 219 g/mol. The first-order chi connectivity index (χ1) is 7.10. The minimum atomic E-state index is -1.53. The zero-order valence-electron chi connectivity index (χ0n) is 8.28. The zero-order chi connectivity index (χ0) is 11.4. The zero-order valence-corrected chi connectivity index (χ0v) is 8.28. The highest BCUT2D eigenvalue weighted by molar-refractivity contribution is 5.59. The number of aliphatic hydroxyl groups excluding tert-OH is 4. The van der Waals surface area contributed by atoms with Crippen molar-refractivity contribution in [2.75, 3.05) is 6.61 Å². The lowest BCUT2D eigenvalue weighted by atomic mass is 10.0. The van der Waals surface area contributed by atoms with Crippen LogP contribution in [0.3, 0.4) is 0 Å². The van der Waals surface area contributed by atoms with E-state index in [2.05, 4.69) is 5.32 Å². The lowest BCUT2D eigenvalue weighted by molar-refractivity contribution is -0.120. The van der Waals surface area contributed by atoms with Gasteiger partial charge >= 0.3 is 0 Å². The van der Waals surface area contributed by atoms with E-state index in [0.29, 0.717) is 6.29 Å². The molecule has 0 heterocycles. The van der Waals surface area contributed by atoms with Crippen molar-refractivity contribution in [2.24, 2.45) is 0 Å². The van der Waals surface area contributed by atoms with Crippen LogP contribution in [0.5, 0.6) is 0 Å². The number of rotatable bonds is 7. The Morgan fingerprint density at radius 3 is 2.27 bits per heavy atom. The highest BCUT2D eigenvalue weighted by atomic mass is 16.4. The molecular formula is C9H17NO5. The van der Waals surface area contributed by atoms with Crippen LogP contribution in [0, 0.1) is 0 Å². The first-order valence-electron chi connectivity index (χ1n) is 4.96. The third kappa shape index (κ3) is 3.51. The van der Waals surface area contributed by atoms with Crippen LogP contribution in [-0.4, -0.2) is 63.7 Å². The fourth-order valence-corrected chi connectivity index (χ4v) is 1.29. The van der Waals surface area contributed by atoms with Gasteiger partial charge in [0.05, 0.1) is 12.6 Å². The van der Waals surface area contributed by atoms with Crippen molar-refractivity contribution in [2.45, 2.75) is 43.2 Å². The predicted octanol–water partition coefficient (Wildman–Crippen LogP) is -2.62. The molecule has 0 radical (unpaired) electrons. The SMILES string of the molecule is O=C[C@@H](NC1CC1)[C@@H](O)[C@H](O)[C@H](O)CO. The summed E-state index contributed by atoms with van der Waals surface area (Å²) in [4.78, 5) is 10.6. The molecule has 5 N–H and O–H groups in total. The minimum Gasteiger partial charge on any atom is -0.394 e. The van der Waals surface area contributed by atoms with Gasteiger partial charge in [-0.1, -0.05) is 0 Å².